The summed E-state index contributed by atoms with van der Waals surface area (Å²) in [6.45, 7) is 1.38. The van der Waals surface area contributed by atoms with Crippen molar-refractivity contribution in [2.24, 2.45) is 0 Å². The molecule has 0 radical (unpaired) electrons. The zero-order chi connectivity index (χ0) is 20.1. The summed E-state index contributed by atoms with van der Waals surface area (Å²) < 4.78 is 37.8. The molecule has 0 atom stereocenters. The molecule has 152 valence electrons. The van der Waals surface area contributed by atoms with E-state index in [1.165, 1.54) is 25.6 Å². The van der Waals surface area contributed by atoms with Crippen LogP contribution in [0.1, 0.15) is 34.5 Å². The summed E-state index contributed by atoms with van der Waals surface area (Å²) in [6.07, 6.45) is 2.87. The molecule has 0 unspecified atom stereocenters. The van der Waals surface area contributed by atoms with Gasteiger partial charge in [-0.2, -0.15) is 4.31 Å². The molecule has 1 fully saturated rings. The topological polar surface area (TPSA) is 84.9 Å². The fourth-order valence-corrected chi connectivity index (χ4v) is 6.12. The van der Waals surface area contributed by atoms with Gasteiger partial charge >= 0.3 is 0 Å². The first-order valence-electron chi connectivity index (χ1n) is 9.05. The van der Waals surface area contributed by atoms with E-state index in [4.69, 9.17) is 9.47 Å². The predicted molar refractivity (Wildman–Crippen MR) is 108 cm³/mol. The summed E-state index contributed by atoms with van der Waals surface area (Å²) >= 11 is 1.19. The van der Waals surface area contributed by atoms with Gasteiger partial charge < -0.3 is 14.8 Å². The largest absolute Gasteiger partial charge is 0.493 e. The van der Waals surface area contributed by atoms with E-state index >= 15 is 0 Å². The molecule has 0 bridgehead atoms. The van der Waals surface area contributed by atoms with Crippen molar-refractivity contribution in [1.29, 1.82) is 0 Å². The number of nitrogens with zero attached hydrogens (tertiary/aromatic N) is 1. The second-order valence-electron chi connectivity index (χ2n) is 6.41. The van der Waals surface area contributed by atoms with Crippen LogP contribution in [0, 0.1) is 0 Å². The number of hydrogen-bond acceptors (Lipinski definition) is 6. The van der Waals surface area contributed by atoms with E-state index in [9.17, 15) is 13.2 Å². The maximum absolute atomic E-state index is 12.7. The lowest BCUT2D eigenvalue weighted by Gasteiger charge is -2.25. The third kappa shape index (κ3) is 4.31. The van der Waals surface area contributed by atoms with E-state index < -0.39 is 10.0 Å². The standard InChI is InChI=1S/C19H24N2O5S2/c1-25-16-8-6-7-15(18(16)26-2)19(22)20-13-14-9-10-17(27-14)28(23,24)21-11-4-3-5-12-21/h6-10H,3-5,11-13H2,1-2H3,(H,20,22). The van der Waals surface area contributed by atoms with E-state index in [0.717, 1.165) is 24.1 Å². The highest BCUT2D eigenvalue weighted by Gasteiger charge is 2.27. The lowest BCUT2D eigenvalue weighted by molar-refractivity contribution is 0.0947. The van der Waals surface area contributed by atoms with Crippen LogP contribution in [0.3, 0.4) is 0 Å². The van der Waals surface area contributed by atoms with Gasteiger partial charge in [-0.3, -0.25) is 4.79 Å². The van der Waals surface area contributed by atoms with Gasteiger partial charge in [-0.25, -0.2) is 8.42 Å². The van der Waals surface area contributed by atoms with Crippen LogP contribution in [-0.4, -0.2) is 45.9 Å². The van der Waals surface area contributed by atoms with Crippen molar-refractivity contribution in [3.63, 3.8) is 0 Å². The number of amides is 1. The number of piperidine rings is 1. The number of benzene rings is 1. The Morgan fingerprint density at radius 3 is 2.54 bits per heavy atom. The van der Waals surface area contributed by atoms with Crippen LogP contribution in [0.2, 0.25) is 0 Å². The Morgan fingerprint density at radius 1 is 1.11 bits per heavy atom. The highest BCUT2D eigenvalue weighted by Crippen LogP contribution is 2.31. The second-order valence-corrected chi connectivity index (χ2v) is 9.74. The van der Waals surface area contributed by atoms with Crippen molar-refractivity contribution in [3.8, 4) is 11.5 Å². The van der Waals surface area contributed by atoms with Crippen LogP contribution in [0.4, 0.5) is 0 Å². The van der Waals surface area contributed by atoms with E-state index in [2.05, 4.69) is 5.32 Å². The molecule has 1 amide bonds. The third-order valence-corrected chi connectivity index (χ3v) is 8.07. The zero-order valence-corrected chi connectivity index (χ0v) is 17.6. The SMILES string of the molecule is COc1cccc(C(=O)NCc2ccc(S(=O)(=O)N3CCCCC3)s2)c1OC. The summed E-state index contributed by atoms with van der Waals surface area (Å²) in [5.41, 5.74) is 0.361. The lowest BCUT2D eigenvalue weighted by Crippen LogP contribution is -2.35. The molecule has 0 aliphatic carbocycles. The summed E-state index contributed by atoms with van der Waals surface area (Å²) in [5, 5.41) is 2.81. The summed E-state index contributed by atoms with van der Waals surface area (Å²) in [5.74, 6) is 0.521. The minimum Gasteiger partial charge on any atom is -0.493 e. The van der Waals surface area contributed by atoms with Gasteiger partial charge in [-0.15, -0.1) is 11.3 Å². The van der Waals surface area contributed by atoms with Crippen LogP contribution in [0.25, 0.3) is 0 Å². The van der Waals surface area contributed by atoms with Gasteiger partial charge in [-0.1, -0.05) is 12.5 Å². The summed E-state index contributed by atoms with van der Waals surface area (Å²) in [6, 6.07) is 8.43. The first-order valence-corrected chi connectivity index (χ1v) is 11.3. The Bertz CT molecular complexity index is 934. The summed E-state index contributed by atoms with van der Waals surface area (Å²) in [7, 11) is -0.462. The number of sulfonamides is 1. The molecule has 7 nitrogen and oxygen atoms in total. The normalized spacial score (nSPS) is 15.2. The highest BCUT2D eigenvalue weighted by molar-refractivity contribution is 7.91. The van der Waals surface area contributed by atoms with E-state index in [0.29, 0.717) is 34.4 Å². The van der Waals surface area contributed by atoms with Gasteiger partial charge in [0.2, 0.25) is 0 Å². The van der Waals surface area contributed by atoms with Crippen LogP contribution in [-0.2, 0) is 16.6 Å². The Labute approximate surface area is 169 Å². The molecule has 1 aromatic carbocycles. The molecule has 3 rings (SSSR count). The van der Waals surface area contributed by atoms with Gasteiger partial charge in [0.25, 0.3) is 15.9 Å². The predicted octanol–water partition coefficient (Wildman–Crippen LogP) is 2.87. The maximum Gasteiger partial charge on any atom is 0.255 e. The van der Waals surface area contributed by atoms with Gasteiger partial charge in [-0.05, 0) is 37.1 Å². The quantitative estimate of drug-likeness (QED) is 0.739. The average molecular weight is 425 g/mol. The van der Waals surface area contributed by atoms with Crippen molar-refractivity contribution in [2.45, 2.75) is 30.0 Å². The summed E-state index contributed by atoms with van der Waals surface area (Å²) in [4.78, 5) is 13.3. The Kier molecular flexibility index (Phi) is 6.58. The van der Waals surface area contributed by atoms with Crippen molar-refractivity contribution in [1.82, 2.24) is 9.62 Å². The van der Waals surface area contributed by atoms with Gasteiger partial charge in [0.1, 0.15) is 4.21 Å². The molecule has 1 saturated heterocycles. The number of ether oxygens (including phenoxy) is 2. The van der Waals surface area contributed by atoms with E-state index in [1.54, 1.807) is 34.6 Å². The molecule has 0 spiro atoms. The monoisotopic (exact) mass is 424 g/mol. The number of carbonyl (C=O) groups excluding carboxylic acids is 1. The molecular formula is C19H24N2O5S2. The molecule has 0 saturated carbocycles. The molecule has 1 N–H and O–H groups in total. The molecule has 28 heavy (non-hydrogen) atoms. The van der Waals surface area contributed by atoms with Crippen molar-refractivity contribution < 1.29 is 22.7 Å². The number of hydrogen-bond donors (Lipinski definition) is 1. The van der Waals surface area contributed by atoms with Crippen LogP contribution in [0.5, 0.6) is 11.5 Å². The van der Waals surface area contributed by atoms with Crippen LogP contribution in [0.15, 0.2) is 34.5 Å². The number of carbonyl (C=O) groups is 1. The third-order valence-electron chi connectivity index (χ3n) is 4.62. The van der Waals surface area contributed by atoms with Crippen molar-refractivity contribution >= 4 is 27.3 Å². The molecule has 1 aromatic heterocycles. The zero-order valence-electron chi connectivity index (χ0n) is 15.9. The van der Waals surface area contributed by atoms with Crippen molar-refractivity contribution in [2.75, 3.05) is 27.3 Å². The first-order chi connectivity index (χ1) is 13.5. The number of thiophene rings is 1. The first kappa shape index (κ1) is 20.6. The van der Waals surface area contributed by atoms with Gasteiger partial charge in [0.05, 0.1) is 26.3 Å². The molecular weight excluding hydrogens is 400 g/mol. The smallest absolute Gasteiger partial charge is 0.255 e. The lowest BCUT2D eigenvalue weighted by atomic mass is 10.1. The number of nitrogens with one attached hydrogen (secondary N) is 1. The molecule has 2 heterocycles. The van der Waals surface area contributed by atoms with Crippen molar-refractivity contribution in [3.05, 3.63) is 40.8 Å². The van der Waals surface area contributed by atoms with E-state index in [-0.39, 0.29) is 12.5 Å². The van der Waals surface area contributed by atoms with Crippen LogP contribution >= 0.6 is 11.3 Å². The van der Waals surface area contributed by atoms with Gasteiger partial charge in [0, 0.05) is 18.0 Å². The Balaban J connectivity index is 1.69. The fourth-order valence-electron chi connectivity index (χ4n) is 3.15. The molecule has 9 heteroatoms. The molecule has 1 aliphatic heterocycles. The fraction of sp³-hybridized carbons (Fsp3) is 0.421. The Hall–Kier alpha value is -2.10. The maximum atomic E-state index is 12.7. The second kappa shape index (κ2) is 8.93. The minimum absolute atomic E-state index is 0.236. The molecule has 1 aliphatic rings. The Morgan fingerprint density at radius 2 is 1.86 bits per heavy atom. The minimum atomic E-state index is -3.45. The molecule has 2 aromatic rings. The number of rotatable bonds is 7. The highest BCUT2D eigenvalue weighted by atomic mass is 32.2. The van der Waals surface area contributed by atoms with E-state index in [1.807, 2.05) is 0 Å². The number of para-hydroxylation sites is 1. The number of methoxy groups -OCH3 is 2. The average Bonchev–Trinajstić information content (AvgIpc) is 3.22. The van der Waals surface area contributed by atoms with Crippen LogP contribution < -0.4 is 14.8 Å². The van der Waals surface area contributed by atoms with Gasteiger partial charge in [0.15, 0.2) is 11.5 Å².